The molecule has 136 valence electrons. The largest absolute Gasteiger partial charge is 0.493 e. The van der Waals surface area contributed by atoms with Crippen LogP contribution in [0.5, 0.6) is 5.75 Å². The summed E-state index contributed by atoms with van der Waals surface area (Å²) in [5.74, 6) is 0.424. The molecular formula is C17H17BrF2O4S. The third-order valence-corrected chi connectivity index (χ3v) is 6.23. The van der Waals surface area contributed by atoms with Gasteiger partial charge in [0.15, 0.2) is 0 Å². The highest BCUT2D eigenvalue weighted by Crippen LogP contribution is 2.40. The van der Waals surface area contributed by atoms with Crippen molar-refractivity contribution in [2.24, 2.45) is 0 Å². The van der Waals surface area contributed by atoms with Gasteiger partial charge in [0.1, 0.15) is 11.4 Å². The van der Waals surface area contributed by atoms with E-state index in [0.29, 0.717) is 5.75 Å². The molecule has 25 heavy (non-hydrogen) atoms. The van der Waals surface area contributed by atoms with Crippen molar-refractivity contribution >= 4 is 25.8 Å². The Bertz CT molecular complexity index is 806. The van der Waals surface area contributed by atoms with Crippen molar-refractivity contribution in [2.45, 2.75) is 29.1 Å². The van der Waals surface area contributed by atoms with Crippen LogP contribution in [0.25, 0.3) is 0 Å². The standard InChI is InChI=1S/C17H17BrF2O4S/c1-16(21,11-12-24-14-9-7-13(18)8-10-14)17(19,20)25(22,23)15-5-3-2-4-6-15/h2-10,21H,11-12H2,1H3. The summed E-state index contributed by atoms with van der Waals surface area (Å²) < 4.78 is 59.6. The van der Waals surface area contributed by atoms with E-state index in [1.807, 2.05) is 0 Å². The lowest BCUT2D eigenvalue weighted by Crippen LogP contribution is -2.51. The summed E-state index contributed by atoms with van der Waals surface area (Å²) in [5.41, 5.74) is -2.79. The predicted molar refractivity (Wildman–Crippen MR) is 93.5 cm³/mol. The van der Waals surface area contributed by atoms with Crippen LogP contribution in [0, 0.1) is 0 Å². The summed E-state index contributed by atoms with van der Waals surface area (Å²) >= 11 is 3.25. The number of hydrogen-bond acceptors (Lipinski definition) is 4. The third kappa shape index (κ3) is 4.19. The van der Waals surface area contributed by atoms with Crippen LogP contribution in [0.15, 0.2) is 64.0 Å². The van der Waals surface area contributed by atoms with E-state index in [4.69, 9.17) is 4.74 Å². The van der Waals surface area contributed by atoms with Crippen LogP contribution in [-0.2, 0) is 9.84 Å². The number of rotatable bonds is 7. The second-order valence-corrected chi connectivity index (χ2v) is 8.57. The highest BCUT2D eigenvalue weighted by molar-refractivity contribution is 9.10. The molecule has 4 nitrogen and oxygen atoms in total. The number of alkyl halides is 2. The summed E-state index contributed by atoms with van der Waals surface area (Å²) in [6, 6.07) is 13.0. The lowest BCUT2D eigenvalue weighted by molar-refractivity contribution is -0.122. The van der Waals surface area contributed by atoms with Crippen LogP contribution >= 0.6 is 15.9 Å². The smallest absolute Gasteiger partial charge is 0.377 e. The van der Waals surface area contributed by atoms with Crippen LogP contribution in [0.3, 0.4) is 0 Å². The van der Waals surface area contributed by atoms with Gasteiger partial charge in [-0.25, -0.2) is 8.42 Å². The first-order valence-electron chi connectivity index (χ1n) is 7.36. The van der Waals surface area contributed by atoms with E-state index in [1.165, 1.54) is 18.2 Å². The molecular weight excluding hydrogens is 418 g/mol. The van der Waals surface area contributed by atoms with Gasteiger partial charge >= 0.3 is 5.25 Å². The van der Waals surface area contributed by atoms with E-state index in [1.54, 1.807) is 24.3 Å². The zero-order valence-electron chi connectivity index (χ0n) is 13.3. The molecule has 0 saturated heterocycles. The normalized spacial score (nSPS) is 14.8. The molecule has 0 heterocycles. The Morgan fingerprint density at radius 1 is 1.08 bits per heavy atom. The summed E-state index contributed by atoms with van der Waals surface area (Å²) in [6.07, 6.45) is -0.567. The highest BCUT2D eigenvalue weighted by Gasteiger charge is 2.59. The zero-order valence-corrected chi connectivity index (χ0v) is 15.7. The number of benzene rings is 2. The number of hydrogen-bond donors (Lipinski definition) is 1. The maximum absolute atomic E-state index is 14.5. The third-order valence-electron chi connectivity index (χ3n) is 3.69. The number of sulfone groups is 1. The molecule has 0 amide bonds. The Kier molecular flexibility index (Phi) is 5.86. The van der Waals surface area contributed by atoms with Gasteiger partial charge in [0.2, 0.25) is 9.84 Å². The molecule has 0 radical (unpaired) electrons. The summed E-state index contributed by atoms with van der Waals surface area (Å²) in [5, 5.41) is 5.77. The van der Waals surface area contributed by atoms with E-state index in [9.17, 15) is 22.3 Å². The fourth-order valence-electron chi connectivity index (χ4n) is 2.08. The summed E-state index contributed by atoms with van der Waals surface area (Å²) in [4.78, 5) is -0.547. The Balaban J connectivity index is 2.12. The first-order valence-corrected chi connectivity index (χ1v) is 9.64. The van der Waals surface area contributed by atoms with E-state index in [2.05, 4.69) is 15.9 Å². The molecule has 1 N–H and O–H groups in total. The monoisotopic (exact) mass is 434 g/mol. The second kappa shape index (κ2) is 7.39. The molecule has 0 fully saturated rings. The van der Waals surface area contributed by atoms with Gasteiger partial charge in [-0.15, -0.1) is 0 Å². The molecule has 0 bridgehead atoms. The molecule has 0 saturated carbocycles. The van der Waals surface area contributed by atoms with Crippen LogP contribution in [0.1, 0.15) is 13.3 Å². The molecule has 0 spiro atoms. The van der Waals surface area contributed by atoms with Crippen molar-refractivity contribution in [3.8, 4) is 5.75 Å². The minimum Gasteiger partial charge on any atom is -0.493 e. The van der Waals surface area contributed by atoms with Gasteiger partial charge in [-0.1, -0.05) is 34.1 Å². The summed E-state index contributed by atoms with van der Waals surface area (Å²) in [7, 11) is -5.04. The molecule has 1 atom stereocenters. The zero-order chi connectivity index (χ0) is 18.7. The van der Waals surface area contributed by atoms with E-state index in [0.717, 1.165) is 23.5 Å². The van der Waals surface area contributed by atoms with Crippen molar-refractivity contribution in [3.05, 3.63) is 59.1 Å². The van der Waals surface area contributed by atoms with E-state index in [-0.39, 0.29) is 6.61 Å². The van der Waals surface area contributed by atoms with Gasteiger partial charge in [-0.3, -0.25) is 0 Å². The highest BCUT2D eigenvalue weighted by atomic mass is 79.9. The van der Waals surface area contributed by atoms with Crippen molar-refractivity contribution in [1.82, 2.24) is 0 Å². The second-order valence-electron chi connectivity index (χ2n) is 5.66. The molecule has 1 unspecified atom stereocenters. The fraction of sp³-hybridized carbons (Fsp3) is 0.294. The summed E-state index contributed by atoms with van der Waals surface area (Å²) in [6.45, 7) is 0.521. The average Bonchev–Trinajstić information content (AvgIpc) is 2.57. The molecule has 8 heteroatoms. The lowest BCUT2D eigenvalue weighted by atomic mass is 10.0. The van der Waals surface area contributed by atoms with E-state index < -0.39 is 32.0 Å². The van der Waals surface area contributed by atoms with E-state index >= 15 is 0 Å². The quantitative estimate of drug-likeness (QED) is 0.714. The topological polar surface area (TPSA) is 63.6 Å². The van der Waals surface area contributed by atoms with Gasteiger partial charge in [-0.05, 0) is 43.3 Å². The molecule has 0 aliphatic carbocycles. The van der Waals surface area contributed by atoms with Crippen molar-refractivity contribution < 1.29 is 27.0 Å². The Morgan fingerprint density at radius 2 is 1.64 bits per heavy atom. The van der Waals surface area contributed by atoms with Crippen molar-refractivity contribution in [2.75, 3.05) is 6.61 Å². The minimum absolute atomic E-state index is 0.269. The SMILES string of the molecule is CC(O)(CCOc1ccc(Br)cc1)C(F)(F)S(=O)(=O)c1ccccc1. The Morgan fingerprint density at radius 3 is 2.20 bits per heavy atom. The minimum atomic E-state index is -5.04. The molecule has 2 aromatic rings. The van der Waals surface area contributed by atoms with Gasteiger partial charge in [0, 0.05) is 10.9 Å². The molecule has 2 aromatic carbocycles. The fourth-order valence-corrected chi connectivity index (χ4v) is 3.84. The van der Waals surface area contributed by atoms with Crippen LogP contribution in [0.4, 0.5) is 8.78 Å². The number of ether oxygens (including phenoxy) is 1. The lowest BCUT2D eigenvalue weighted by Gasteiger charge is -2.32. The molecule has 2 rings (SSSR count). The maximum atomic E-state index is 14.5. The molecule has 0 aliphatic heterocycles. The van der Waals surface area contributed by atoms with Crippen molar-refractivity contribution in [3.63, 3.8) is 0 Å². The number of halogens is 3. The first-order chi connectivity index (χ1) is 11.6. The molecule has 0 aromatic heterocycles. The van der Waals surface area contributed by atoms with Gasteiger partial charge in [-0.2, -0.15) is 8.78 Å². The van der Waals surface area contributed by atoms with Crippen LogP contribution in [0.2, 0.25) is 0 Å². The Hall–Kier alpha value is -1.51. The maximum Gasteiger partial charge on any atom is 0.377 e. The van der Waals surface area contributed by atoms with Crippen molar-refractivity contribution in [1.29, 1.82) is 0 Å². The average molecular weight is 435 g/mol. The van der Waals surface area contributed by atoms with Gasteiger partial charge in [0.05, 0.1) is 11.5 Å². The van der Waals surface area contributed by atoms with Gasteiger partial charge in [0.25, 0.3) is 0 Å². The molecule has 0 aliphatic rings. The van der Waals surface area contributed by atoms with Crippen LogP contribution in [-0.4, -0.2) is 31.0 Å². The predicted octanol–water partition coefficient (Wildman–Crippen LogP) is 4.04. The Labute approximate surface area is 153 Å². The number of aliphatic hydroxyl groups is 1. The van der Waals surface area contributed by atoms with Gasteiger partial charge < -0.3 is 9.84 Å². The first kappa shape index (κ1) is 19.8. The van der Waals surface area contributed by atoms with Crippen LogP contribution < -0.4 is 4.74 Å².